The summed E-state index contributed by atoms with van der Waals surface area (Å²) >= 11 is 0. The second-order valence-corrected chi connectivity index (χ2v) is 7.45. The number of carbonyl (C=O) groups is 1. The van der Waals surface area contributed by atoms with Crippen LogP contribution in [0.25, 0.3) is 10.9 Å². The van der Waals surface area contributed by atoms with Gasteiger partial charge in [0.05, 0.1) is 18.2 Å². The Kier molecular flexibility index (Phi) is 4.31. The molecule has 0 N–H and O–H groups in total. The highest BCUT2D eigenvalue weighted by atomic mass is 19.1. The van der Waals surface area contributed by atoms with Crippen LogP contribution in [-0.4, -0.2) is 47.7 Å². The molecule has 26 heavy (non-hydrogen) atoms. The van der Waals surface area contributed by atoms with Crippen molar-refractivity contribution in [1.29, 1.82) is 0 Å². The van der Waals surface area contributed by atoms with E-state index in [1.807, 2.05) is 13.8 Å². The largest absolute Gasteiger partial charge is 0.490 e. The van der Waals surface area contributed by atoms with Gasteiger partial charge in [-0.1, -0.05) is 0 Å². The van der Waals surface area contributed by atoms with Gasteiger partial charge < -0.3 is 9.47 Å². The van der Waals surface area contributed by atoms with Gasteiger partial charge in [-0.15, -0.1) is 0 Å². The van der Waals surface area contributed by atoms with Crippen molar-refractivity contribution in [3.8, 4) is 5.75 Å². The number of ether oxygens (including phenoxy) is 2. The predicted molar refractivity (Wildman–Crippen MR) is 95.5 cm³/mol. The number of hydrogen-bond acceptors (Lipinski definition) is 5. The van der Waals surface area contributed by atoms with Crippen molar-refractivity contribution in [2.45, 2.75) is 38.8 Å². The Balaban J connectivity index is 1.34. The van der Waals surface area contributed by atoms with Crippen molar-refractivity contribution < 1.29 is 18.7 Å². The second kappa shape index (κ2) is 6.50. The molecule has 1 saturated heterocycles. The summed E-state index contributed by atoms with van der Waals surface area (Å²) in [6, 6.07) is 6.15. The minimum Gasteiger partial charge on any atom is -0.490 e. The topological polar surface area (TPSA) is 51.7 Å². The molecule has 6 heteroatoms. The molecular formula is C20H23FN2O3. The third-order valence-electron chi connectivity index (χ3n) is 5.53. The number of halogens is 1. The number of esters is 1. The maximum atomic E-state index is 13.5. The lowest BCUT2D eigenvalue weighted by Crippen LogP contribution is -2.67. The van der Waals surface area contributed by atoms with Crippen LogP contribution in [0.1, 0.15) is 26.7 Å². The zero-order chi connectivity index (χ0) is 18.3. The SMILES string of the molecule is CCOC(=O)C(C)N1CC2(CC(Oc3ccnc4ccc(F)cc34)C2)C1. The third-order valence-corrected chi connectivity index (χ3v) is 5.53. The van der Waals surface area contributed by atoms with E-state index in [0.29, 0.717) is 17.7 Å². The zero-order valence-electron chi connectivity index (χ0n) is 15.1. The normalized spacial score (nSPS) is 20.4. The van der Waals surface area contributed by atoms with Crippen molar-refractivity contribution in [2.24, 2.45) is 5.41 Å². The van der Waals surface area contributed by atoms with E-state index >= 15 is 0 Å². The molecule has 1 aromatic heterocycles. The fraction of sp³-hybridized carbons (Fsp3) is 0.500. The van der Waals surface area contributed by atoms with Crippen molar-refractivity contribution in [1.82, 2.24) is 9.88 Å². The molecule has 138 valence electrons. The van der Waals surface area contributed by atoms with Crippen LogP contribution in [0.3, 0.4) is 0 Å². The van der Waals surface area contributed by atoms with E-state index < -0.39 is 0 Å². The van der Waals surface area contributed by atoms with Gasteiger partial charge in [-0.3, -0.25) is 14.7 Å². The molecule has 0 amide bonds. The molecule has 1 aliphatic carbocycles. The van der Waals surface area contributed by atoms with E-state index in [1.54, 1.807) is 18.3 Å². The number of pyridine rings is 1. The quantitative estimate of drug-likeness (QED) is 0.769. The molecule has 1 spiro atoms. The molecule has 4 rings (SSSR count). The lowest BCUT2D eigenvalue weighted by atomic mass is 9.61. The molecule has 0 radical (unpaired) electrons. The Morgan fingerprint density at radius 2 is 2.15 bits per heavy atom. The van der Waals surface area contributed by atoms with Gasteiger partial charge in [0.1, 0.15) is 17.6 Å². The highest BCUT2D eigenvalue weighted by Crippen LogP contribution is 2.50. The number of rotatable bonds is 5. The van der Waals surface area contributed by atoms with Gasteiger partial charge in [-0.25, -0.2) is 4.39 Å². The molecule has 1 aromatic carbocycles. The first-order chi connectivity index (χ1) is 12.5. The summed E-state index contributed by atoms with van der Waals surface area (Å²) in [7, 11) is 0. The van der Waals surface area contributed by atoms with Crippen LogP contribution in [0.15, 0.2) is 30.5 Å². The number of likely N-dealkylation sites (tertiary alicyclic amines) is 1. The van der Waals surface area contributed by atoms with Crippen molar-refractivity contribution in [3.05, 3.63) is 36.3 Å². The molecule has 1 atom stereocenters. The molecule has 1 unspecified atom stereocenters. The van der Waals surface area contributed by atoms with Gasteiger partial charge in [0, 0.05) is 30.1 Å². The minimum atomic E-state index is -0.289. The Labute approximate surface area is 152 Å². The summed E-state index contributed by atoms with van der Waals surface area (Å²) in [4.78, 5) is 18.2. The highest BCUT2D eigenvalue weighted by Gasteiger charge is 2.55. The number of benzene rings is 1. The number of aromatic nitrogens is 1. The summed E-state index contributed by atoms with van der Waals surface area (Å²) < 4.78 is 24.8. The van der Waals surface area contributed by atoms with Gasteiger partial charge in [0.2, 0.25) is 0 Å². The predicted octanol–water partition coefficient (Wildman–Crippen LogP) is 3.17. The van der Waals surface area contributed by atoms with Crippen LogP contribution in [-0.2, 0) is 9.53 Å². The van der Waals surface area contributed by atoms with Crippen LogP contribution < -0.4 is 4.74 Å². The fourth-order valence-corrected chi connectivity index (χ4v) is 4.12. The number of nitrogens with zero attached hydrogens (tertiary/aromatic N) is 2. The smallest absolute Gasteiger partial charge is 0.323 e. The van der Waals surface area contributed by atoms with E-state index in [-0.39, 0.29) is 29.3 Å². The second-order valence-electron chi connectivity index (χ2n) is 7.45. The minimum absolute atomic E-state index is 0.129. The average molecular weight is 358 g/mol. The van der Waals surface area contributed by atoms with Gasteiger partial charge >= 0.3 is 5.97 Å². The summed E-state index contributed by atoms with van der Waals surface area (Å²) in [6.07, 6.45) is 3.73. The Hall–Kier alpha value is -2.21. The molecule has 2 aliphatic rings. The molecule has 2 aromatic rings. The molecule has 2 fully saturated rings. The monoisotopic (exact) mass is 358 g/mol. The summed E-state index contributed by atoms with van der Waals surface area (Å²) in [5.74, 6) is 0.244. The van der Waals surface area contributed by atoms with Gasteiger partial charge in [-0.2, -0.15) is 0 Å². The molecule has 2 heterocycles. The summed E-state index contributed by atoms with van der Waals surface area (Å²) in [5, 5.41) is 0.708. The lowest BCUT2D eigenvalue weighted by Gasteiger charge is -2.59. The average Bonchev–Trinajstić information content (AvgIpc) is 2.55. The van der Waals surface area contributed by atoms with E-state index in [9.17, 15) is 9.18 Å². The maximum Gasteiger partial charge on any atom is 0.323 e. The molecule has 1 saturated carbocycles. The molecule has 1 aliphatic heterocycles. The van der Waals surface area contributed by atoms with Gasteiger partial charge in [-0.05, 0) is 51.0 Å². The van der Waals surface area contributed by atoms with Crippen molar-refractivity contribution in [2.75, 3.05) is 19.7 Å². The van der Waals surface area contributed by atoms with Crippen LogP contribution in [0, 0.1) is 11.2 Å². The Bertz CT molecular complexity index is 827. The maximum absolute atomic E-state index is 13.5. The summed E-state index contributed by atoms with van der Waals surface area (Å²) in [6.45, 7) is 5.94. The van der Waals surface area contributed by atoms with E-state index in [0.717, 1.165) is 31.4 Å². The fourth-order valence-electron chi connectivity index (χ4n) is 4.12. The van der Waals surface area contributed by atoms with Crippen molar-refractivity contribution >= 4 is 16.9 Å². The first kappa shape index (κ1) is 17.2. The van der Waals surface area contributed by atoms with Crippen LogP contribution >= 0.6 is 0 Å². The van der Waals surface area contributed by atoms with E-state index in [1.165, 1.54) is 12.1 Å². The molecule has 5 nitrogen and oxygen atoms in total. The van der Waals surface area contributed by atoms with Gasteiger partial charge in [0.15, 0.2) is 0 Å². The third kappa shape index (κ3) is 3.03. The van der Waals surface area contributed by atoms with E-state index in [2.05, 4.69) is 9.88 Å². The zero-order valence-corrected chi connectivity index (χ0v) is 15.1. The molecular weight excluding hydrogens is 335 g/mol. The van der Waals surface area contributed by atoms with Gasteiger partial charge in [0.25, 0.3) is 0 Å². The molecule has 0 bridgehead atoms. The van der Waals surface area contributed by atoms with Crippen molar-refractivity contribution in [3.63, 3.8) is 0 Å². The van der Waals surface area contributed by atoms with Crippen LogP contribution in [0.5, 0.6) is 5.75 Å². The number of fused-ring (bicyclic) bond motifs is 1. The van der Waals surface area contributed by atoms with Crippen LogP contribution in [0.2, 0.25) is 0 Å². The number of hydrogen-bond donors (Lipinski definition) is 0. The van der Waals surface area contributed by atoms with E-state index in [4.69, 9.17) is 9.47 Å². The van der Waals surface area contributed by atoms with Crippen LogP contribution in [0.4, 0.5) is 4.39 Å². The summed E-state index contributed by atoms with van der Waals surface area (Å²) in [5.41, 5.74) is 0.982. The first-order valence-corrected chi connectivity index (χ1v) is 9.11. The standard InChI is InChI=1S/C20H23FN2O3/c1-3-25-19(24)13(2)23-11-20(12-23)9-15(10-20)26-18-6-7-22-17-5-4-14(21)8-16(17)18/h4-8,13,15H,3,9-12H2,1-2H3. The lowest BCUT2D eigenvalue weighted by molar-refractivity contribution is -0.165. The highest BCUT2D eigenvalue weighted by molar-refractivity contribution is 5.84. The Morgan fingerprint density at radius 1 is 1.38 bits per heavy atom. The number of carbonyl (C=O) groups excluding carboxylic acids is 1. The Morgan fingerprint density at radius 3 is 2.88 bits per heavy atom. The first-order valence-electron chi connectivity index (χ1n) is 9.11.